The number of carbonyl (C=O) groups is 1. The molecule has 1 aromatic carbocycles. The van der Waals surface area contributed by atoms with Crippen LogP contribution in [-0.4, -0.2) is 43.8 Å². The largest absolute Gasteiger partial charge is 0.508 e. The standard InChI is InChI=1S/C22H18F4N4O2/c23-17-4-3-15(31)6-16(17)20(32)29-11-21(12-29)8-14(9-21)30-18(13-2-1-5-27-10-13)7-19(28-30)22(24,25)26/h1-7,10,14,31H,8-9,11-12H2. The third kappa shape index (κ3) is 3.39. The summed E-state index contributed by atoms with van der Waals surface area (Å²) in [5, 5.41) is 13.4. The first-order valence-electron chi connectivity index (χ1n) is 10.0. The van der Waals surface area contributed by atoms with E-state index in [0.717, 1.165) is 18.2 Å². The zero-order valence-corrected chi connectivity index (χ0v) is 16.7. The zero-order chi connectivity index (χ0) is 22.7. The summed E-state index contributed by atoms with van der Waals surface area (Å²) >= 11 is 0. The van der Waals surface area contributed by atoms with Gasteiger partial charge in [0.1, 0.15) is 11.6 Å². The minimum Gasteiger partial charge on any atom is -0.508 e. The van der Waals surface area contributed by atoms with Crippen LogP contribution in [0.3, 0.4) is 0 Å². The number of likely N-dealkylation sites (tertiary alicyclic amines) is 1. The molecule has 0 atom stereocenters. The van der Waals surface area contributed by atoms with Gasteiger partial charge in [0, 0.05) is 36.5 Å². The van der Waals surface area contributed by atoms with E-state index < -0.39 is 23.6 Å². The Bertz CT molecular complexity index is 1180. The molecule has 2 fully saturated rings. The quantitative estimate of drug-likeness (QED) is 0.610. The van der Waals surface area contributed by atoms with Crippen molar-refractivity contribution in [1.82, 2.24) is 19.7 Å². The van der Waals surface area contributed by atoms with Crippen LogP contribution in [0.5, 0.6) is 5.75 Å². The molecule has 0 radical (unpaired) electrons. The number of aromatic hydroxyl groups is 1. The first kappa shape index (κ1) is 20.5. The first-order valence-corrected chi connectivity index (χ1v) is 10.0. The molecule has 10 heteroatoms. The topological polar surface area (TPSA) is 71.2 Å². The van der Waals surface area contributed by atoms with Crippen molar-refractivity contribution in [1.29, 1.82) is 0 Å². The van der Waals surface area contributed by atoms with Crippen LogP contribution in [0.1, 0.15) is 34.9 Å². The van der Waals surface area contributed by atoms with Gasteiger partial charge in [-0.1, -0.05) is 0 Å². The van der Waals surface area contributed by atoms with E-state index in [1.165, 1.54) is 21.8 Å². The Labute approximate surface area is 180 Å². The first-order chi connectivity index (χ1) is 15.2. The Morgan fingerprint density at radius 2 is 1.91 bits per heavy atom. The van der Waals surface area contributed by atoms with Gasteiger partial charge in [-0.2, -0.15) is 18.3 Å². The second-order valence-electron chi connectivity index (χ2n) is 8.49. The van der Waals surface area contributed by atoms with Crippen LogP contribution < -0.4 is 0 Å². The van der Waals surface area contributed by atoms with Crippen molar-refractivity contribution in [2.24, 2.45) is 5.41 Å². The molecule has 2 aromatic heterocycles. The summed E-state index contributed by atoms with van der Waals surface area (Å²) in [4.78, 5) is 18.0. The average molecular weight is 446 g/mol. The molecule has 32 heavy (non-hydrogen) atoms. The van der Waals surface area contributed by atoms with Gasteiger partial charge in [0.25, 0.3) is 5.91 Å². The van der Waals surface area contributed by atoms with Gasteiger partial charge in [-0.15, -0.1) is 0 Å². The van der Waals surface area contributed by atoms with Crippen LogP contribution in [0, 0.1) is 11.2 Å². The summed E-state index contributed by atoms with van der Waals surface area (Å²) < 4.78 is 55.2. The van der Waals surface area contributed by atoms with E-state index in [-0.39, 0.29) is 22.8 Å². The number of phenolic OH excluding ortho intramolecular Hbond substituents is 1. The number of pyridine rings is 1. The molecular weight excluding hydrogens is 428 g/mol. The predicted molar refractivity (Wildman–Crippen MR) is 105 cm³/mol. The van der Waals surface area contributed by atoms with E-state index in [2.05, 4.69) is 10.1 Å². The molecule has 1 N–H and O–H groups in total. The maximum Gasteiger partial charge on any atom is 0.435 e. The highest BCUT2D eigenvalue weighted by Gasteiger charge is 2.55. The van der Waals surface area contributed by atoms with Crippen molar-refractivity contribution in [2.45, 2.75) is 25.1 Å². The van der Waals surface area contributed by atoms with E-state index in [9.17, 15) is 27.5 Å². The Balaban J connectivity index is 1.32. The highest BCUT2D eigenvalue weighted by Crippen LogP contribution is 2.55. The number of alkyl halides is 3. The van der Waals surface area contributed by atoms with Crippen LogP contribution in [0.25, 0.3) is 11.3 Å². The van der Waals surface area contributed by atoms with Gasteiger partial charge in [-0.3, -0.25) is 14.5 Å². The summed E-state index contributed by atoms with van der Waals surface area (Å²) in [5.41, 5.74) is -0.483. The van der Waals surface area contributed by atoms with Gasteiger partial charge >= 0.3 is 6.18 Å². The van der Waals surface area contributed by atoms with Crippen molar-refractivity contribution >= 4 is 5.91 Å². The smallest absolute Gasteiger partial charge is 0.435 e. The number of aromatic nitrogens is 3. The Kier molecular flexibility index (Phi) is 4.51. The molecular formula is C22H18F4N4O2. The van der Waals surface area contributed by atoms with Gasteiger partial charge in [0.05, 0.1) is 17.3 Å². The van der Waals surface area contributed by atoms with Crippen LogP contribution in [0.4, 0.5) is 17.6 Å². The van der Waals surface area contributed by atoms with Gasteiger partial charge < -0.3 is 10.0 Å². The minimum absolute atomic E-state index is 0.198. The Morgan fingerprint density at radius 1 is 1.16 bits per heavy atom. The van der Waals surface area contributed by atoms with Crippen LogP contribution in [0.15, 0.2) is 48.8 Å². The fourth-order valence-corrected chi connectivity index (χ4v) is 4.67. The summed E-state index contributed by atoms with van der Waals surface area (Å²) in [6, 6.07) is 7.42. The number of hydrogen-bond donors (Lipinski definition) is 1. The number of rotatable bonds is 3. The van der Waals surface area contributed by atoms with Crippen molar-refractivity contribution < 1.29 is 27.5 Å². The number of halogens is 4. The third-order valence-electron chi connectivity index (χ3n) is 6.19. The zero-order valence-electron chi connectivity index (χ0n) is 16.7. The molecule has 3 aromatic rings. The van der Waals surface area contributed by atoms with Crippen molar-refractivity contribution in [3.05, 3.63) is 65.9 Å². The Hall–Kier alpha value is -3.43. The summed E-state index contributed by atoms with van der Waals surface area (Å²) in [6.07, 6.45) is -0.399. The monoisotopic (exact) mass is 446 g/mol. The van der Waals surface area contributed by atoms with E-state index in [1.807, 2.05) is 0 Å². The molecule has 1 aliphatic carbocycles. The maximum atomic E-state index is 13.9. The summed E-state index contributed by atoms with van der Waals surface area (Å²) in [5.74, 6) is -1.42. The molecule has 1 spiro atoms. The van der Waals surface area contributed by atoms with Gasteiger partial charge in [0.2, 0.25) is 0 Å². The lowest BCUT2D eigenvalue weighted by Gasteiger charge is -2.59. The van der Waals surface area contributed by atoms with Crippen LogP contribution in [0.2, 0.25) is 0 Å². The third-order valence-corrected chi connectivity index (χ3v) is 6.19. The highest BCUT2D eigenvalue weighted by atomic mass is 19.4. The average Bonchev–Trinajstić information content (AvgIpc) is 3.14. The molecule has 0 bridgehead atoms. The number of phenols is 1. The number of amides is 1. The molecule has 1 saturated heterocycles. The highest BCUT2D eigenvalue weighted by molar-refractivity contribution is 5.95. The maximum absolute atomic E-state index is 13.9. The van der Waals surface area contributed by atoms with Crippen molar-refractivity contribution in [3.63, 3.8) is 0 Å². The van der Waals surface area contributed by atoms with E-state index in [1.54, 1.807) is 18.3 Å². The molecule has 3 heterocycles. The lowest BCUT2D eigenvalue weighted by Crippen LogP contribution is -2.64. The molecule has 166 valence electrons. The van der Waals surface area contributed by atoms with Crippen molar-refractivity contribution in [3.8, 4) is 17.0 Å². The number of carbonyl (C=O) groups excluding carboxylic acids is 1. The van der Waals surface area contributed by atoms with Crippen LogP contribution in [-0.2, 0) is 6.18 Å². The SMILES string of the molecule is O=C(c1cc(O)ccc1F)N1CC2(CC(n3nc(C(F)(F)F)cc3-c3cccnc3)C2)C1. The van der Waals surface area contributed by atoms with Gasteiger partial charge in [0.15, 0.2) is 5.69 Å². The Morgan fingerprint density at radius 3 is 2.56 bits per heavy atom. The van der Waals surface area contributed by atoms with Crippen LogP contribution >= 0.6 is 0 Å². The van der Waals surface area contributed by atoms with E-state index >= 15 is 0 Å². The normalized spacial score (nSPS) is 17.8. The fraction of sp³-hybridized carbons (Fsp3) is 0.318. The van der Waals surface area contributed by atoms with E-state index in [0.29, 0.717) is 37.2 Å². The second-order valence-corrected chi connectivity index (χ2v) is 8.49. The molecule has 2 aliphatic rings. The molecule has 6 nitrogen and oxygen atoms in total. The predicted octanol–water partition coefficient (Wildman–Crippen LogP) is 4.29. The van der Waals surface area contributed by atoms with E-state index in [4.69, 9.17) is 0 Å². The molecule has 1 saturated carbocycles. The lowest BCUT2D eigenvalue weighted by atomic mass is 9.60. The minimum atomic E-state index is -4.56. The molecule has 0 unspecified atom stereocenters. The number of hydrogen-bond acceptors (Lipinski definition) is 4. The lowest BCUT2D eigenvalue weighted by molar-refractivity contribution is -0.142. The molecule has 1 amide bonds. The summed E-state index contributed by atoms with van der Waals surface area (Å²) in [6.45, 7) is 0.764. The van der Waals surface area contributed by atoms with Crippen molar-refractivity contribution in [2.75, 3.05) is 13.1 Å². The summed E-state index contributed by atoms with van der Waals surface area (Å²) in [7, 11) is 0. The van der Waals surface area contributed by atoms with Gasteiger partial charge in [-0.05, 0) is 49.2 Å². The fourth-order valence-electron chi connectivity index (χ4n) is 4.67. The molecule has 5 rings (SSSR count). The second kappa shape index (κ2) is 7.04. The number of nitrogens with zero attached hydrogens (tertiary/aromatic N) is 4. The van der Waals surface area contributed by atoms with Gasteiger partial charge in [-0.25, -0.2) is 4.39 Å². The number of benzene rings is 1. The molecule has 1 aliphatic heterocycles.